The molecule has 0 N–H and O–H groups in total. The Kier molecular flexibility index (Phi) is 2.78. The van der Waals surface area contributed by atoms with Gasteiger partial charge < -0.3 is 0 Å². The second-order valence-corrected chi connectivity index (χ2v) is 2.08. The summed E-state index contributed by atoms with van der Waals surface area (Å²) in [4.78, 5) is 0. The number of hydrogen-bond donors (Lipinski definition) is 0. The van der Waals surface area contributed by atoms with E-state index < -0.39 is 0 Å². The third kappa shape index (κ3) is 2.56. The van der Waals surface area contributed by atoms with Gasteiger partial charge in [0.1, 0.15) is 0 Å². The predicted octanol–water partition coefficient (Wildman–Crippen LogP) is 1.76. The first kappa shape index (κ1) is 7.38. The first-order chi connectivity index (χ1) is 5.43. The molecule has 1 heteroatoms. The van der Waals surface area contributed by atoms with E-state index >= 15 is 0 Å². The molecule has 0 heterocycles. The summed E-state index contributed by atoms with van der Waals surface area (Å²) in [5.74, 6) is 5.09. The van der Waals surface area contributed by atoms with Crippen molar-refractivity contribution in [3.63, 3.8) is 0 Å². The molecule has 0 aliphatic heterocycles. The Hall–Kier alpha value is -1.73. The number of rotatable bonds is 1. The number of benzene rings is 1. The maximum atomic E-state index is 8.12. The van der Waals surface area contributed by atoms with Crippen LogP contribution in [0.2, 0.25) is 0 Å². The molecule has 0 spiro atoms. The summed E-state index contributed by atoms with van der Waals surface area (Å²) >= 11 is 0. The van der Waals surface area contributed by atoms with E-state index in [9.17, 15) is 0 Å². The largest absolute Gasteiger partial charge is 0.183 e. The Bertz CT molecular complexity index is 308. The average Bonchev–Trinajstić information content (AvgIpc) is 2.07. The molecule has 11 heavy (non-hydrogen) atoms. The SMILES string of the molecule is N#CC#CCc1ccccc1. The summed E-state index contributed by atoms with van der Waals surface area (Å²) in [5, 5.41) is 8.12. The first-order valence-corrected chi connectivity index (χ1v) is 3.34. The van der Waals surface area contributed by atoms with Crippen LogP contribution in [0.1, 0.15) is 5.56 Å². The molecule has 0 aliphatic rings. The molecule has 0 atom stereocenters. The van der Waals surface area contributed by atoms with Crippen molar-refractivity contribution in [1.29, 1.82) is 5.26 Å². The second-order valence-electron chi connectivity index (χ2n) is 2.08. The molecular weight excluding hydrogens is 134 g/mol. The molecule has 0 saturated carbocycles. The third-order valence-corrected chi connectivity index (χ3v) is 1.28. The Morgan fingerprint density at radius 3 is 2.55 bits per heavy atom. The van der Waals surface area contributed by atoms with E-state index in [2.05, 4.69) is 11.8 Å². The quantitative estimate of drug-likeness (QED) is 0.546. The zero-order valence-corrected chi connectivity index (χ0v) is 6.04. The third-order valence-electron chi connectivity index (χ3n) is 1.28. The predicted molar refractivity (Wildman–Crippen MR) is 43.5 cm³/mol. The van der Waals surface area contributed by atoms with Crippen LogP contribution in [0.3, 0.4) is 0 Å². The lowest BCUT2D eigenvalue weighted by Crippen LogP contribution is -1.77. The maximum absolute atomic E-state index is 8.12. The highest BCUT2D eigenvalue weighted by Gasteiger charge is 1.83. The lowest BCUT2D eigenvalue weighted by molar-refractivity contribution is 1.32. The fourth-order valence-electron chi connectivity index (χ4n) is 0.782. The highest BCUT2D eigenvalue weighted by atomic mass is 14.2. The van der Waals surface area contributed by atoms with Crippen molar-refractivity contribution in [2.24, 2.45) is 0 Å². The first-order valence-electron chi connectivity index (χ1n) is 3.34. The average molecular weight is 141 g/mol. The van der Waals surface area contributed by atoms with Gasteiger partial charge in [-0.2, -0.15) is 5.26 Å². The standard InChI is InChI=1S/C10H7N/c11-9-5-4-8-10-6-2-1-3-7-10/h1-3,6-7H,8H2. The summed E-state index contributed by atoms with van der Waals surface area (Å²) in [6.45, 7) is 0. The highest BCUT2D eigenvalue weighted by molar-refractivity contribution is 5.24. The Morgan fingerprint density at radius 1 is 1.18 bits per heavy atom. The van der Waals surface area contributed by atoms with E-state index in [-0.39, 0.29) is 0 Å². The van der Waals surface area contributed by atoms with Crippen molar-refractivity contribution in [2.45, 2.75) is 6.42 Å². The molecule has 1 aromatic carbocycles. The van der Waals surface area contributed by atoms with Gasteiger partial charge in [0, 0.05) is 12.3 Å². The van der Waals surface area contributed by atoms with Crippen LogP contribution in [0.25, 0.3) is 0 Å². The fourth-order valence-corrected chi connectivity index (χ4v) is 0.782. The molecule has 0 fully saturated rings. The van der Waals surface area contributed by atoms with Crippen LogP contribution >= 0.6 is 0 Å². The molecule has 0 aromatic heterocycles. The molecule has 1 nitrogen and oxygen atoms in total. The Morgan fingerprint density at radius 2 is 1.91 bits per heavy atom. The van der Waals surface area contributed by atoms with Crippen molar-refractivity contribution in [3.8, 4) is 17.9 Å². The zero-order valence-electron chi connectivity index (χ0n) is 6.04. The van der Waals surface area contributed by atoms with Crippen molar-refractivity contribution in [3.05, 3.63) is 35.9 Å². The molecule has 0 saturated heterocycles. The van der Waals surface area contributed by atoms with Crippen LogP contribution < -0.4 is 0 Å². The number of nitrogens with zero attached hydrogens (tertiary/aromatic N) is 1. The smallest absolute Gasteiger partial charge is 0.152 e. The minimum atomic E-state index is 0.661. The number of hydrogen-bond acceptors (Lipinski definition) is 1. The van der Waals surface area contributed by atoms with Crippen LogP contribution in [0.4, 0.5) is 0 Å². The van der Waals surface area contributed by atoms with Gasteiger partial charge in [0.15, 0.2) is 6.07 Å². The lowest BCUT2D eigenvalue weighted by Gasteiger charge is -1.89. The van der Waals surface area contributed by atoms with Crippen LogP contribution in [0.15, 0.2) is 30.3 Å². The zero-order chi connectivity index (χ0) is 7.94. The molecule has 1 rings (SSSR count). The molecule has 1 aromatic rings. The van der Waals surface area contributed by atoms with Crippen molar-refractivity contribution >= 4 is 0 Å². The minimum absolute atomic E-state index is 0.661. The maximum Gasteiger partial charge on any atom is 0.152 e. The van der Waals surface area contributed by atoms with E-state index in [0.717, 1.165) is 5.56 Å². The van der Waals surface area contributed by atoms with E-state index in [1.807, 2.05) is 30.3 Å². The summed E-state index contributed by atoms with van der Waals surface area (Å²) in [6.07, 6.45) is 0.661. The summed E-state index contributed by atoms with van der Waals surface area (Å²) < 4.78 is 0. The van der Waals surface area contributed by atoms with Gasteiger partial charge in [-0.3, -0.25) is 0 Å². The van der Waals surface area contributed by atoms with Gasteiger partial charge in [0.05, 0.1) is 0 Å². The second kappa shape index (κ2) is 4.14. The van der Waals surface area contributed by atoms with Crippen molar-refractivity contribution in [1.82, 2.24) is 0 Å². The Labute approximate surface area is 66.3 Å². The summed E-state index contributed by atoms with van der Waals surface area (Å²) in [7, 11) is 0. The topological polar surface area (TPSA) is 23.8 Å². The molecule has 0 bridgehead atoms. The monoisotopic (exact) mass is 141 g/mol. The van der Waals surface area contributed by atoms with Crippen molar-refractivity contribution < 1.29 is 0 Å². The van der Waals surface area contributed by atoms with Crippen LogP contribution in [-0.4, -0.2) is 0 Å². The van der Waals surface area contributed by atoms with E-state index in [0.29, 0.717) is 6.42 Å². The lowest BCUT2D eigenvalue weighted by atomic mass is 10.2. The molecular formula is C10H7N. The molecule has 0 amide bonds. The van der Waals surface area contributed by atoms with Crippen molar-refractivity contribution in [2.75, 3.05) is 0 Å². The van der Waals surface area contributed by atoms with Gasteiger partial charge in [0.25, 0.3) is 0 Å². The Balaban J connectivity index is 2.60. The van der Waals surface area contributed by atoms with E-state index in [1.54, 1.807) is 6.07 Å². The number of nitriles is 1. The van der Waals surface area contributed by atoms with E-state index in [4.69, 9.17) is 5.26 Å². The molecule has 52 valence electrons. The van der Waals surface area contributed by atoms with Gasteiger partial charge in [-0.15, -0.1) is 0 Å². The van der Waals surface area contributed by atoms with E-state index in [1.165, 1.54) is 0 Å². The van der Waals surface area contributed by atoms with Gasteiger partial charge >= 0.3 is 0 Å². The fraction of sp³-hybridized carbons (Fsp3) is 0.100. The van der Waals surface area contributed by atoms with Crippen LogP contribution in [-0.2, 0) is 6.42 Å². The minimum Gasteiger partial charge on any atom is -0.183 e. The highest BCUT2D eigenvalue weighted by Crippen LogP contribution is 1.97. The summed E-state index contributed by atoms with van der Waals surface area (Å²) in [6, 6.07) is 11.6. The van der Waals surface area contributed by atoms with Crippen LogP contribution in [0, 0.1) is 23.2 Å². The van der Waals surface area contributed by atoms with Gasteiger partial charge in [-0.25, -0.2) is 0 Å². The summed E-state index contributed by atoms with van der Waals surface area (Å²) in [5.41, 5.74) is 1.15. The molecule has 0 radical (unpaired) electrons. The molecule has 0 aliphatic carbocycles. The molecule has 0 unspecified atom stereocenters. The van der Waals surface area contributed by atoms with Gasteiger partial charge in [-0.05, 0) is 5.56 Å². The normalized spacial score (nSPS) is 7.55. The van der Waals surface area contributed by atoms with Gasteiger partial charge in [0.2, 0.25) is 0 Å². The van der Waals surface area contributed by atoms with Gasteiger partial charge in [-0.1, -0.05) is 36.3 Å². The van der Waals surface area contributed by atoms with Crippen LogP contribution in [0.5, 0.6) is 0 Å².